The first-order valence-corrected chi connectivity index (χ1v) is 10.3. The molecule has 21 heavy (non-hydrogen) atoms. The molecule has 9 heteroatoms. The van der Waals surface area contributed by atoms with E-state index in [1.54, 1.807) is 18.2 Å². The highest BCUT2D eigenvalue weighted by molar-refractivity contribution is 9.11. The van der Waals surface area contributed by atoms with Crippen molar-refractivity contribution in [3.8, 4) is 0 Å². The first-order chi connectivity index (χ1) is 9.68. The Kier molecular flexibility index (Phi) is 7.84. The highest BCUT2D eigenvalue weighted by Crippen LogP contribution is 2.50. The molecule has 0 radical (unpaired) electrons. The summed E-state index contributed by atoms with van der Waals surface area (Å²) in [6.45, 7) is -2.40. The molecule has 0 amide bonds. The van der Waals surface area contributed by atoms with Crippen molar-refractivity contribution in [3.63, 3.8) is 0 Å². The topological polar surface area (TPSA) is 18.5 Å². The predicted molar refractivity (Wildman–Crippen MR) is 88.6 cm³/mol. The van der Waals surface area contributed by atoms with Crippen LogP contribution in [0.2, 0.25) is 0 Å². The van der Waals surface area contributed by atoms with Gasteiger partial charge >= 0.3 is 6.18 Å². The molecule has 0 saturated heterocycles. The van der Waals surface area contributed by atoms with Crippen LogP contribution in [0.5, 0.6) is 0 Å². The van der Waals surface area contributed by atoms with E-state index < -0.39 is 19.3 Å². The third-order valence-electron chi connectivity index (χ3n) is 2.36. The van der Waals surface area contributed by atoms with Crippen molar-refractivity contribution in [2.45, 2.75) is 25.9 Å². The molecule has 0 saturated carbocycles. The smallest absolute Gasteiger partial charge is 0.326 e. The molecule has 0 aliphatic rings. The van der Waals surface area contributed by atoms with E-state index in [9.17, 15) is 13.2 Å². The molecular formula is C12H14Br2F3O2PS. The highest BCUT2D eigenvalue weighted by atomic mass is 79.9. The van der Waals surface area contributed by atoms with Crippen molar-refractivity contribution in [1.82, 2.24) is 0 Å². The summed E-state index contributed by atoms with van der Waals surface area (Å²) in [4.78, 5) is 0. The Morgan fingerprint density at radius 3 is 2.43 bits per heavy atom. The van der Waals surface area contributed by atoms with Gasteiger partial charge in [0.1, 0.15) is 0 Å². The van der Waals surface area contributed by atoms with Crippen molar-refractivity contribution in [3.05, 3.63) is 27.1 Å². The zero-order valence-corrected chi connectivity index (χ0v) is 16.0. The van der Waals surface area contributed by atoms with Crippen molar-refractivity contribution >= 4 is 55.5 Å². The summed E-state index contributed by atoms with van der Waals surface area (Å²) in [5, 5.41) is 0.445. The van der Waals surface area contributed by atoms with Gasteiger partial charge in [-0.15, -0.1) is 0 Å². The van der Waals surface area contributed by atoms with Crippen LogP contribution in [0, 0.1) is 0 Å². The lowest BCUT2D eigenvalue weighted by Crippen LogP contribution is -2.20. The molecule has 0 aliphatic carbocycles. The Morgan fingerprint density at radius 2 is 1.90 bits per heavy atom. The molecule has 120 valence electrons. The van der Waals surface area contributed by atoms with E-state index in [2.05, 4.69) is 31.9 Å². The van der Waals surface area contributed by atoms with Gasteiger partial charge in [0.2, 0.25) is 6.49 Å². The monoisotopic (exact) mass is 468 g/mol. The van der Waals surface area contributed by atoms with Crippen molar-refractivity contribution in [1.29, 1.82) is 0 Å². The van der Waals surface area contributed by atoms with Gasteiger partial charge in [0.25, 0.3) is 0 Å². The number of unbranched alkanes of at least 4 members (excludes halogenated alkanes) is 1. The summed E-state index contributed by atoms with van der Waals surface area (Å²) >= 11 is 11.9. The van der Waals surface area contributed by atoms with Crippen LogP contribution in [0.1, 0.15) is 19.8 Å². The Balaban J connectivity index is 3.02. The number of halogens is 5. The molecule has 1 aromatic carbocycles. The molecule has 0 aliphatic heterocycles. The van der Waals surface area contributed by atoms with Crippen molar-refractivity contribution in [2.75, 3.05) is 13.2 Å². The normalized spacial score (nSPS) is 15.0. The van der Waals surface area contributed by atoms with Gasteiger partial charge in [-0.2, -0.15) is 13.2 Å². The van der Waals surface area contributed by atoms with Crippen molar-refractivity contribution in [2.24, 2.45) is 0 Å². The van der Waals surface area contributed by atoms with Crippen LogP contribution in [-0.2, 0) is 20.9 Å². The second-order valence-corrected chi connectivity index (χ2v) is 9.37. The van der Waals surface area contributed by atoms with E-state index in [-0.39, 0.29) is 6.61 Å². The van der Waals surface area contributed by atoms with E-state index in [1.807, 2.05) is 6.92 Å². The fourth-order valence-electron chi connectivity index (χ4n) is 1.37. The molecule has 1 aromatic rings. The molecule has 1 atom stereocenters. The van der Waals surface area contributed by atoms with Gasteiger partial charge in [0, 0.05) is 8.95 Å². The Bertz CT molecular complexity index is 526. The lowest BCUT2D eigenvalue weighted by Gasteiger charge is -2.24. The molecule has 1 unspecified atom stereocenters. The fraction of sp³-hybridized carbons (Fsp3) is 0.500. The Hall–Kier alpha value is 0.540. The number of benzene rings is 1. The summed E-state index contributed by atoms with van der Waals surface area (Å²) in [5.41, 5.74) is 0. The average Bonchev–Trinajstić information content (AvgIpc) is 2.36. The maximum absolute atomic E-state index is 12.4. The Labute approximate surface area is 143 Å². The summed E-state index contributed by atoms with van der Waals surface area (Å²) in [6.07, 6.45) is -2.88. The van der Waals surface area contributed by atoms with Gasteiger partial charge in [-0.1, -0.05) is 29.3 Å². The summed E-state index contributed by atoms with van der Waals surface area (Å²) in [5.74, 6) is 0. The van der Waals surface area contributed by atoms with Crippen molar-refractivity contribution < 1.29 is 22.2 Å². The minimum absolute atomic E-state index is 0.272. The minimum Gasteiger partial charge on any atom is -0.326 e. The van der Waals surface area contributed by atoms with Gasteiger partial charge in [0.05, 0.1) is 11.9 Å². The van der Waals surface area contributed by atoms with E-state index in [1.165, 1.54) is 0 Å². The highest BCUT2D eigenvalue weighted by Gasteiger charge is 2.34. The maximum atomic E-state index is 12.4. The van der Waals surface area contributed by atoms with Crippen LogP contribution < -0.4 is 5.30 Å². The molecule has 2 nitrogen and oxygen atoms in total. The largest absolute Gasteiger partial charge is 0.412 e. The second-order valence-electron chi connectivity index (χ2n) is 4.17. The molecule has 0 N–H and O–H groups in total. The van der Waals surface area contributed by atoms with Crippen LogP contribution in [0.4, 0.5) is 13.2 Å². The lowest BCUT2D eigenvalue weighted by atomic mass is 10.4. The van der Waals surface area contributed by atoms with Crippen LogP contribution >= 0.6 is 38.4 Å². The first-order valence-electron chi connectivity index (χ1n) is 6.09. The molecule has 0 fully saturated rings. The molecule has 1 rings (SSSR count). The van der Waals surface area contributed by atoms with Crippen LogP contribution in [0.25, 0.3) is 0 Å². The van der Waals surface area contributed by atoms with Crippen LogP contribution in [0.3, 0.4) is 0 Å². The molecule has 0 spiro atoms. The SMILES string of the molecule is CCCCOP(=S)(OCC(F)(F)F)c1ccc(Br)cc1Br. The summed E-state index contributed by atoms with van der Waals surface area (Å²) in [6, 6.07) is 5.02. The number of rotatable bonds is 7. The average molecular weight is 470 g/mol. The van der Waals surface area contributed by atoms with Gasteiger partial charge in [-0.25, -0.2) is 0 Å². The van der Waals surface area contributed by atoms with E-state index in [0.29, 0.717) is 16.2 Å². The predicted octanol–water partition coefficient (Wildman–Crippen LogP) is 5.54. The first kappa shape index (κ1) is 19.6. The number of hydrogen-bond donors (Lipinski definition) is 0. The van der Waals surface area contributed by atoms with Crippen LogP contribution in [-0.4, -0.2) is 19.4 Å². The second kappa shape index (κ2) is 8.41. The molecule has 0 heterocycles. The summed E-state index contributed by atoms with van der Waals surface area (Å²) < 4.78 is 49.1. The summed E-state index contributed by atoms with van der Waals surface area (Å²) in [7, 11) is 0. The zero-order valence-electron chi connectivity index (χ0n) is 11.1. The van der Waals surface area contributed by atoms with E-state index >= 15 is 0 Å². The maximum Gasteiger partial charge on any atom is 0.412 e. The zero-order chi connectivity index (χ0) is 16.1. The van der Waals surface area contributed by atoms with Gasteiger partial charge in [-0.05, 0) is 52.4 Å². The standard InChI is InChI=1S/C12H14Br2F3O2PS/c1-2-3-6-18-20(21,19-8-12(15,16)17)11-5-4-9(13)7-10(11)14/h4-5,7H,2-3,6,8H2,1H3. The van der Waals surface area contributed by atoms with Crippen LogP contribution in [0.15, 0.2) is 27.1 Å². The molecule has 0 bridgehead atoms. The van der Waals surface area contributed by atoms with E-state index in [4.69, 9.17) is 20.9 Å². The molecule has 0 aromatic heterocycles. The lowest BCUT2D eigenvalue weighted by molar-refractivity contribution is -0.153. The molecular weight excluding hydrogens is 456 g/mol. The number of alkyl halides is 3. The van der Waals surface area contributed by atoms with Gasteiger partial charge in [0.15, 0.2) is 6.61 Å². The third-order valence-corrected chi connectivity index (χ3v) is 7.01. The van der Waals surface area contributed by atoms with E-state index in [0.717, 1.165) is 10.9 Å². The quantitative estimate of drug-likeness (QED) is 0.385. The Morgan fingerprint density at radius 1 is 1.24 bits per heavy atom. The van der Waals surface area contributed by atoms with Gasteiger partial charge in [-0.3, -0.25) is 0 Å². The number of hydrogen-bond acceptors (Lipinski definition) is 3. The fourth-order valence-corrected chi connectivity index (χ4v) is 5.95. The van der Waals surface area contributed by atoms with Gasteiger partial charge < -0.3 is 9.05 Å². The minimum atomic E-state index is -4.44. The third kappa shape index (κ3) is 6.67.